The Labute approximate surface area is 128 Å². The highest BCUT2D eigenvalue weighted by Gasteiger charge is 2.05. The molecule has 1 aromatic carbocycles. The number of aromatic nitrogens is 3. The number of hydrogen-bond donors (Lipinski definition) is 2. The summed E-state index contributed by atoms with van der Waals surface area (Å²) in [5.41, 5.74) is 0.922. The first-order valence-corrected chi connectivity index (χ1v) is 7.17. The van der Waals surface area contributed by atoms with Crippen LogP contribution >= 0.6 is 11.6 Å². The Hall–Kier alpha value is -1.47. The van der Waals surface area contributed by atoms with Crippen molar-refractivity contribution in [3.8, 4) is 0 Å². The van der Waals surface area contributed by atoms with Gasteiger partial charge in [0.15, 0.2) is 0 Å². The quantitative estimate of drug-likeness (QED) is 0.679. The van der Waals surface area contributed by atoms with Crippen molar-refractivity contribution in [2.45, 2.75) is 19.3 Å². The molecule has 2 aromatic rings. The number of benzene rings is 1. The largest absolute Gasteiger partial charge is 0.389 e. The number of aliphatic hydroxyl groups excluding tert-OH is 1. The van der Waals surface area contributed by atoms with Crippen molar-refractivity contribution in [1.82, 2.24) is 20.3 Å². The predicted octanol–water partition coefficient (Wildman–Crippen LogP) is 1.10. The molecule has 0 saturated heterocycles. The monoisotopic (exact) mass is 310 g/mol. The van der Waals surface area contributed by atoms with Crippen molar-refractivity contribution in [3.05, 3.63) is 47.2 Å². The fourth-order valence-corrected chi connectivity index (χ4v) is 1.98. The molecule has 1 unspecified atom stereocenters. The molecule has 0 radical (unpaired) electrons. The van der Waals surface area contributed by atoms with Gasteiger partial charge in [-0.1, -0.05) is 35.0 Å². The third-order valence-corrected chi connectivity index (χ3v) is 3.26. The van der Waals surface area contributed by atoms with Crippen molar-refractivity contribution in [2.75, 3.05) is 19.7 Å². The van der Waals surface area contributed by atoms with Crippen molar-refractivity contribution < 1.29 is 9.84 Å². The standard InChI is InChI=1S/C14H19ClN4O2/c15-14-4-2-1-3-12(14)10-21-11-13(20)9-16-5-7-19-8-6-17-18-19/h1-4,6,8,13,16,20H,5,7,9-11H2. The number of ether oxygens (including phenoxy) is 1. The van der Waals surface area contributed by atoms with Crippen LogP contribution < -0.4 is 5.32 Å². The Morgan fingerprint density at radius 2 is 2.24 bits per heavy atom. The third kappa shape index (κ3) is 5.81. The zero-order chi connectivity index (χ0) is 14.9. The molecular weight excluding hydrogens is 292 g/mol. The molecule has 1 heterocycles. The lowest BCUT2D eigenvalue weighted by molar-refractivity contribution is 0.0289. The van der Waals surface area contributed by atoms with Crippen LogP contribution in [0.25, 0.3) is 0 Å². The van der Waals surface area contributed by atoms with Crippen molar-refractivity contribution in [2.24, 2.45) is 0 Å². The van der Waals surface area contributed by atoms with Gasteiger partial charge in [0.2, 0.25) is 0 Å². The molecule has 0 bridgehead atoms. The maximum Gasteiger partial charge on any atom is 0.0897 e. The molecule has 2 N–H and O–H groups in total. The smallest absolute Gasteiger partial charge is 0.0897 e. The summed E-state index contributed by atoms with van der Waals surface area (Å²) in [5.74, 6) is 0. The van der Waals surface area contributed by atoms with Crippen LogP contribution in [0.1, 0.15) is 5.56 Å². The molecule has 0 fully saturated rings. The van der Waals surface area contributed by atoms with E-state index in [1.54, 1.807) is 17.1 Å². The number of rotatable bonds is 9. The molecule has 0 amide bonds. The Morgan fingerprint density at radius 1 is 1.38 bits per heavy atom. The summed E-state index contributed by atoms with van der Waals surface area (Å²) in [7, 11) is 0. The topological polar surface area (TPSA) is 72.2 Å². The molecule has 0 aliphatic carbocycles. The molecule has 1 atom stereocenters. The van der Waals surface area contributed by atoms with Crippen molar-refractivity contribution >= 4 is 11.6 Å². The van der Waals surface area contributed by atoms with Crippen LogP contribution in [0.4, 0.5) is 0 Å². The molecule has 6 nitrogen and oxygen atoms in total. The first-order valence-electron chi connectivity index (χ1n) is 6.79. The number of aliphatic hydroxyl groups is 1. The summed E-state index contributed by atoms with van der Waals surface area (Å²) in [4.78, 5) is 0. The first-order chi connectivity index (χ1) is 10.3. The Balaban J connectivity index is 1.55. The van der Waals surface area contributed by atoms with E-state index < -0.39 is 6.10 Å². The number of halogens is 1. The molecule has 0 aliphatic heterocycles. The minimum atomic E-state index is -0.553. The van der Waals surface area contributed by atoms with Crippen molar-refractivity contribution in [1.29, 1.82) is 0 Å². The van der Waals surface area contributed by atoms with Gasteiger partial charge in [0, 0.05) is 24.3 Å². The maximum absolute atomic E-state index is 9.80. The highest BCUT2D eigenvalue weighted by molar-refractivity contribution is 6.31. The molecular formula is C14H19ClN4O2. The van der Waals surface area contributed by atoms with Crippen LogP contribution in [0.15, 0.2) is 36.7 Å². The van der Waals surface area contributed by atoms with Gasteiger partial charge in [-0.25, -0.2) is 0 Å². The summed E-state index contributed by atoms with van der Waals surface area (Å²) in [6.45, 7) is 2.56. The van der Waals surface area contributed by atoms with Gasteiger partial charge in [-0.2, -0.15) is 0 Å². The minimum absolute atomic E-state index is 0.265. The summed E-state index contributed by atoms with van der Waals surface area (Å²) >= 11 is 6.02. The molecule has 114 valence electrons. The van der Waals surface area contributed by atoms with E-state index in [0.717, 1.165) is 5.56 Å². The van der Waals surface area contributed by atoms with E-state index in [0.29, 0.717) is 31.3 Å². The molecule has 21 heavy (non-hydrogen) atoms. The van der Waals surface area contributed by atoms with Gasteiger partial charge in [0.1, 0.15) is 0 Å². The average Bonchev–Trinajstić information content (AvgIpc) is 2.99. The van der Waals surface area contributed by atoms with Crippen LogP contribution in [0.2, 0.25) is 5.02 Å². The van der Waals surface area contributed by atoms with E-state index in [2.05, 4.69) is 15.6 Å². The fourth-order valence-electron chi connectivity index (χ4n) is 1.79. The second-order valence-electron chi connectivity index (χ2n) is 4.63. The molecule has 7 heteroatoms. The van der Waals surface area contributed by atoms with Crippen molar-refractivity contribution in [3.63, 3.8) is 0 Å². The van der Waals surface area contributed by atoms with Gasteiger partial charge in [-0.05, 0) is 11.6 Å². The fraction of sp³-hybridized carbons (Fsp3) is 0.429. The second kappa shape index (κ2) is 8.74. The lowest BCUT2D eigenvalue weighted by Crippen LogP contribution is -2.32. The van der Waals surface area contributed by atoms with Gasteiger partial charge >= 0.3 is 0 Å². The van der Waals surface area contributed by atoms with E-state index in [-0.39, 0.29) is 6.61 Å². The molecule has 2 rings (SSSR count). The molecule has 0 aliphatic rings. The SMILES string of the molecule is OC(CNCCn1ccnn1)COCc1ccccc1Cl. The zero-order valence-corrected chi connectivity index (χ0v) is 12.4. The molecule has 0 spiro atoms. The molecule has 1 aromatic heterocycles. The van der Waals surface area contributed by atoms with Crippen LogP contribution in [0.3, 0.4) is 0 Å². The highest BCUT2D eigenvalue weighted by atomic mass is 35.5. The Bertz CT molecular complexity index is 521. The second-order valence-corrected chi connectivity index (χ2v) is 5.04. The van der Waals surface area contributed by atoms with Gasteiger partial charge < -0.3 is 15.2 Å². The van der Waals surface area contributed by atoms with Crippen LogP contribution in [-0.4, -0.2) is 45.9 Å². The minimum Gasteiger partial charge on any atom is -0.389 e. The van der Waals surface area contributed by atoms with Crippen LogP contribution in [0, 0.1) is 0 Å². The Kier molecular flexibility index (Phi) is 6.62. The summed E-state index contributed by atoms with van der Waals surface area (Å²) in [5, 5.41) is 21.2. The Morgan fingerprint density at radius 3 is 3.00 bits per heavy atom. The summed E-state index contributed by atoms with van der Waals surface area (Å²) in [6.07, 6.45) is 2.88. The van der Waals surface area contributed by atoms with Gasteiger partial charge in [-0.15, -0.1) is 5.10 Å². The average molecular weight is 311 g/mol. The van der Waals surface area contributed by atoms with E-state index in [9.17, 15) is 5.11 Å². The summed E-state index contributed by atoms with van der Waals surface area (Å²) < 4.78 is 7.19. The van der Waals surface area contributed by atoms with Gasteiger partial charge in [-0.3, -0.25) is 4.68 Å². The lowest BCUT2D eigenvalue weighted by atomic mass is 10.2. The number of nitrogens with one attached hydrogen (secondary N) is 1. The van der Waals surface area contributed by atoms with E-state index in [1.165, 1.54) is 0 Å². The zero-order valence-electron chi connectivity index (χ0n) is 11.7. The number of hydrogen-bond acceptors (Lipinski definition) is 5. The van der Waals surface area contributed by atoms with Gasteiger partial charge in [0.05, 0.1) is 32.1 Å². The van der Waals surface area contributed by atoms with Crippen LogP contribution in [0.5, 0.6) is 0 Å². The highest BCUT2D eigenvalue weighted by Crippen LogP contribution is 2.15. The first kappa shape index (κ1) is 15.9. The lowest BCUT2D eigenvalue weighted by Gasteiger charge is -2.13. The maximum atomic E-state index is 9.80. The van der Waals surface area contributed by atoms with Gasteiger partial charge in [0.25, 0.3) is 0 Å². The summed E-state index contributed by atoms with van der Waals surface area (Å²) in [6, 6.07) is 7.51. The normalized spacial score (nSPS) is 12.5. The molecule has 0 saturated carbocycles. The number of nitrogens with zero attached hydrogens (tertiary/aromatic N) is 3. The third-order valence-electron chi connectivity index (χ3n) is 2.90. The predicted molar refractivity (Wildman–Crippen MR) is 80.0 cm³/mol. The van der Waals surface area contributed by atoms with E-state index in [1.807, 2.05) is 24.3 Å². The van der Waals surface area contributed by atoms with Crippen LogP contribution in [-0.2, 0) is 17.9 Å². The van der Waals surface area contributed by atoms with E-state index >= 15 is 0 Å². The van der Waals surface area contributed by atoms with E-state index in [4.69, 9.17) is 16.3 Å².